The van der Waals surface area contributed by atoms with Crippen molar-refractivity contribution >= 4 is 5.91 Å². The fourth-order valence-corrected chi connectivity index (χ4v) is 1.64. The third-order valence-electron chi connectivity index (χ3n) is 2.83. The van der Waals surface area contributed by atoms with Gasteiger partial charge >= 0.3 is 0 Å². The third-order valence-corrected chi connectivity index (χ3v) is 2.83. The molecular weight excluding hydrogens is 214 g/mol. The predicted molar refractivity (Wildman–Crippen MR) is 72.8 cm³/mol. The van der Waals surface area contributed by atoms with Gasteiger partial charge in [0.15, 0.2) is 0 Å². The molecule has 0 radical (unpaired) electrons. The summed E-state index contributed by atoms with van der Waals surface area (Å²) in [4.78, 5) is 14.1. The van der Waals surface area contributed by atoms with Gasteiger partial charge in [0.25, 0.3) is 0 Å². The summed E-state index contributed by atoms with van der Waals surface area (Å²) >= 11 is 0. The Hall–Kier alpha value is -0.610. The third kappa shape index (κ3) is 7.34. The van der Waals surface area contributed by atoms with E-state index in [9.17, 15) is 4.79 Å². The fraction of sp³-hybridized carbons (Fsp3) is 0.923. The molecule has 4 nitrogen and oxygen atoms in total. The molecule has 0 aromatic rings. The van der Waals surface area contributed by atoms with Crippen LogP contribution in [0.4, 0.5) is 0 Å². The van der Waals surface area contributed by atoms with Crippen molar-refractivity contribution in [3.63, 3.8) is 0 Å². The molecule has 0 saturated heterocycles. The van der Waals surface area contributed by atoms with Gasteiger partial charge < -0.3 is 11.1 Å². The molecule has 1 atom stereocenters. The van der Waals surface area contributed by atoms with E-state index in [2.05, 4.69) is 31.0 Å². The van der Waals surface area contributed by atoms with Crippen LogP contribution in [0.25, 0.3) is 0 Å². The van der Waals surface area contributed by atoms with Gasteiger partial charge in [0.1, 0.15) is 0 Å². The number of nitrogens with two attached hydrogens (primary N) is 1. The Labute approximate surface area is 106 Å². The van der Waals surface area contributed by atoms with Crippen LogP contribution in [0, 0.1) is 5.92 Å². The van der Waals surface area contributed by atoms with Crippen LogP contribution in [-0.2, 0) is 4.79 Å². The lowest BCUT2D eigenvalue weighted by molar-refractivity contribution is -0.126. The Kier molecular flexibility index (Phi) is 9.09. The second-order valence-electron chi connectivity index (χ2n) is 4.99. The van der Waals surface area contributed by atoms with Gasteiger partial charge in [-0.3, -0.25) is 9.69 Å². The normalized spacial score (nSPS) is 13.1. The maximum atomic E-state index is 11.9. The second-order valence-corrected chi connectivity index (χ2v) is 4.99. The number of carbonyl (C=O) groups is 1. The van der Waals surface area contributed by atoms with Crippen LogP contribution in [-0.4, -0.2) is 43.0 Å². The minimum absolute atomic E-state index is 0.0798. The number of amides is 1. The summed E-state index contributed by atoms with van der Waals surface area (Å²) in [6, 6.07) is -0.0798. The summed E-state index contributed by atoms with van der Waals surface area (Å²) in [6.07, 6.45) is 2.25. The van der Waals surface area contributed by atoms with E-state index in [1.807, 2.05) is 6.92 Å². The van der Waals surface area contributed by atoms with E-state index >= 15 is 0 Å². The Morgan fingerprint density at radius 2 is 1.94 bits per heavy atom. The maximum absolute atomic E-state index is 11.9. The van der Waals surface area contributed by atoms with E-state index in [4.69, 9.17) is 5.73 Å². The highest BCUT2D eigenvalue weighted by atomic mass is 16.2. The Balaban J connectivity index is 4.17. The van der Waals surface area contributed by atoms with Crippen molar-refractivity contribution < 1.29 is 4.79 Å². The van der Waals surface area contributed by atoms with E-state index in [1.54, 1.807) is 0 Å². The quantitative estimate of drug-likeness (QED) is 0.640. The predicted octanol–water partition coefficient (Wildman–Crippen LogP) is 1.21. The summed E-state index contributed by atoms with van der Waals surface area (Å²) in [5.74, 6) is 0.605. The molecule has 0 aliphatic rings. The number of nitrogens with zero attached hydrogens (tertiary/aromatic N) is 1. The molecule has 4 heteroatoms. The van der Waals surface area contributed by atoms with Gasteiger partial charge in [-0.15, -0.1) is 0 Å². The van der Waals surface area contributed by atoms with Gasteiger partial charge in [0, 0.05) is 19.6 Å². The monoisotopic (exact) mass is 243 g/mol. The molecular formula is C13H29N3O. The lowest BCUT2D eigenvalue weighted by Gasteiger charge is -2.27. The first-order chi connectivity index (χ1) is 8.02. The Bertz CT molecular complexity index is 207. The molecule has 0 bridgehead atoms. The van der Waals surface area contributed by atoms with Crippen molar-refractivity contribution in [2.24, 2.45) is 11.7 Å². The summed E-state index contributed by atoms with van der Waals surface area (Å²) in [5.41, 5.74) is 5.59. The van der Waals surface area contributed by atoms with E-state index in [0.717, 1.165) is 32.5 Å². The van der Waals surface area contributed by atoms with Gasteiger partial charge in [-0.25, -0.2) is 0 Å². The summed E-state index contributed by atoms with van der Waals surface area (Å²) in [6.45, 7) is 11.4. The Morgan fingerprint density at radius 3 is 2.41 bits per heavy atom. The highest BCUT2D eigenvalue weighted by Gasteiger charge is 2.19. The summed E-state index contributed by atoms with van der Waals surface area (Å²) in [5, 5.41) is 2.98. The van der Waals surface area contributed by atoms with Crippen LogP contribution in [0.3, 0.4) is 0 Å². The minimum Gasteiger partial charge on any atom is -0.354 e. The first kappa shape index (κ1) is 16.4. The molecule has 0 aromatic heterocycles. The van der Waals surface area contributed by atoms with Gasteiger partial charge in [-0.1, -0.05) is 27.2 Å². The zero-order valence-corrected chi connectivity index (χ0v) is 11.8. The first-order valence-corrected chi connectivity index (χ1v) is 6.74. The zero-order valence-electron chi connectivity index (χ0n) is 11.8. The van der Waals surface area contributed by atoms with E-state index in [1.165, 1.54) is 0 Å². The molecule has 0 aromatic carbocycles. The number of hydrogen-bond donors (Lipinski definition) is 2. The number of unbranched alkanes of at least 4 members (excludes halogenated alkanes) is 1. The molecule has 1 amide bonds. The Morgan fingerprint density at radius 1 is 1.29 bits per heavy atom. The van der Waals surface area contributed by atoms with Crippen LogP contribution in [0.5, 0.6) is 0 Å². The largest absolute Gasteiger partial charge is 0.354 e. The number of hydrogen-bond acceptors (Lipinski definition) is 3. The van der Waals surface area contributed by atoms with Gasteiger partial charge in [-0.2, -0.15) is 0 Å². The number of carbonyl (C=O) groups excluding carboxylic acids is 1. The zero-order chi connectivity index (χ0) is 13.3. The first-order valence-electron chi connectivity index (χ1n) is 6.74. The highest BCUT2D eigenvalue weighted by molar-refractivity contribution is 5.81. The topological polar surface area (TPSA) is 58.4 Å². The molecule has 0 aliphatic carbocycles. The summed E-state index contributed by atoms with van der Waals surface area (Å²) in [7, 11) is 0. The average Bonchev–Trinajstić information content (AvgIpc) is 2.30. The van der Waals surface area contributed by atoms with Gasteiger partial charge in [0.2, 0.25) is 5.91 Å². The molecule has 3 N–H and O–H groups in total. The molecule has 0 spiro atoms. The van der Waals surface area contributed by atoms with E-state index < -0.39 is 0 Å². The molecule has 17 heavy (non-hydrogen) atoms. The lowest BCUT2D eigenvalue weighted by Crippen LogP contribution is -2.47. The van der Waals surface area contributed by atoms with Crippen LogP contribution in [0.15, 0.2) is 0 Å². The van der Waals surface area contributed by atoms with Crippen molar-refractivity contribution in [3.05, 3.63) is 0 Å². The summed E-state index contributed by atoms with van der Waals surface area (Å²) < 4.78 is 0. The van der Waals surface area contributed by atoms with Crippen LogP contribution >= 0.6 is 0 Å². The molecule has 0 aliphatic heterocycles. The highest BCUT2D eigenvalue weighted by Crippen LogP contribution is 2.02. The second kappa shape index (κ2) is 9.42. The average molecular weight is 243 g/mol. The molecule has 0 heterocycles. The lowest BCUT2D eigenvalue weighted by atomic mass is 10.2. The molecule has 102 valence electrons. The molecule has 1 unspecified atom stereocenters. The van der Waals surface area contributed by atoms with E-state index in [-0.39, 0.29) is 11.9 Å². The molecule has 0 fully saturated rings. The van der Waals surface area contributed by atoms with E-state index in [0.29, 0.717) is 12.5 Å². The molecule has 0 rings (SSSR count). The van der Waals surface area contributed by atoms with Gasteiger partial charge in [-0.05, 0) is 25.8 Å². The number of rotatable bonds is 9. The molecule has 0 saturated carbocycles. The van der Waals surface area contributed by atoms with Crippen LogP contribution in [0.2, 0.25) is 0 Å². The van der Waals surface area contributed by atoms with Crippen molar-refractivity contribution in [2.75, 3.05) is 26.2 Å². The minimum atomic E-state index is -0.0798. The van der Waals surface area contributed by atoms with Crippen molar-refractivity contribution in [1.29, 1.82) is 0 Å². The smallest absolute Gasteiger partial charge is 0.237 e. The van der Waals surface area contributed by atoms with Crippen molar-refractivity contribution in [2.45, 2.75) is 46.6 Å². The van der Waals surface area contributed by atoms with Gasteiger partial charge in [0.05, 0.1) is 6.04 Å². The van der Waals surface area contributed by atoms with Crippen LogP contribution in [0.1, 0.15) is 40.5 Å². The van der Waals surface area contributed by atoms with Crippen molar-refractivity contribution in [1.82, 2.24) is 10.2 Å². The fourth-order valence-electron chi connectivity index (χ4n) is 1.64. The van der Waals surface area contributed by atoms with Crippen LogP contribution < -0.4 is 11.1 Å². The number of nitrogens with one attached hydrogen (secondary N) is 1. The SMILES string of the molecule is CCCCN(CCN)C(C)C(=O)NCC(C)C. The van der Waals surface area contributed by atoms with Crippen molar-refractivity contribution in [3.8, 4) is 0 Å². The standard InChI is InChI=1S/C13H29N3O/c1-5-6-8-16(9-7-14)12(4)13(17)15-10-11(2)3/h11-12H,5-10,14H2,1-4H3,(H,15,17). The maximum Gasteiger partial charge on any atom is 0.237 e.